The van der Waals surface area contributed by atoms with Crippen molar-refractivity contribution in [3.8, 4) is 17.1 Å². The highest BCUT2D eigenvalue weighted by molar-refractivity contribution is 7.99. The third-order valence-electron chi connectivity index (χ3n) is 3.94. The molecule has 1 atom stereocenters. The molecule has 1 unspecified atom stereocenters. The Bertz CT molecular complexity index is 822. The molecule has 1 N–H and O–H groups in total. The minimum Gasteiger partial charge on any atom is -0.497 e. The molecule has 136 valence electrons. The van der Waals surface area contributed by atoms with Gasteiger partial charge in [-0.25, -0.2) is 9.37 Å². The Morgan fingerprint density at radius 1 is 1.08 bits per heavy atom. The summed E-state index contributed by atoms with van der Waals surface area (Å²) in [6.07, 6.45) is 0.702. The van der Waals surface area contributed by atoms with Crippen molar-refractivity contribution in [2.45, 2.75) is 17.7 Å². The first-order valence-corrected chi connectivity index (χ1v) is 9.13. The van der Waals surface area contributed by atoms with Gasteiger partial charge in [-0.1, -0.05) is 23.9 Å². The minimum absolute atomic E-state index is 0.00611. The summed E-state index contributed by atoms with van der Waals surface area (Å²) in [5.41, 5.74) is 1.98. The van der Waals surface area contributed by atoms with Crippen LogP contribution in [-0.4, -0.2) is 41.3 Å². The number of aromatic amines is 1. The van der Waals surface area contributed by atoms with Crippen molar-refractivity contribution < 1.29 is 13.9 Å². The lowest BCUT2D eigenvalue weighted by Crippen LogP contribution is -2.17. The second-order valence-electron chi connectivity index (χ2n) is 5.69. The molecule has 0 aliphatic heterocycles. The third-order valence-corrected chi connectivity index (χ3v) is 4.92. The Labute approximate surface area is 156 Å². The zero-order chi connectivity index (χ0) is 18.4. The molecular weight excluding hydrogens is 353 g/mol. The van der Waals surface area contributed by atoms with Crippen LogP contribution in [0.4, 0.5) is 4.39 Å². The van der Waals surface area contributed by atoms with E-state index in [4.69, 9.17) is 9.47 Å². The van der Waals surface area contributed by atoms with Crippen LogP contribution in [0.5, 0.6) is 5.75 Å². The Balaban J connectivity index is 1.58. The molecule has 1 aromatic heterocycles. The van der Waals surface area contributed by atoms with Gasteiger partial charge in [0.05, 0.1) is 13.2 Å². The van der Waals surface area contributed by atoms with E-state index < -0.39 is 0 Å². The van der Waals surface area contributed by atoms with Crippen LogP contribution in [0.25, 0.3) is 11.4 Å². The van der Waals surface area contributed by atoms with E-state index in [0.29, 0.717) is 23.2 Å². The molecule has 26 heavy (non-hydrogen) atoms. The van der Waals surface area contributed by atoms with Gasteiger partial charge < -0.3 is 9.47 Å². The molecule has 3 aromatic rings. The van der Waals surface area contributed by atoms with E-state index in [2.05, 4.69) is 15.2 Å². The molecule has 0 radical (unpaired) electrons. The van der Waals surface area contributed by atoms with Crippen LogP contribution in [0.2, 0.25) is 0 Å². The van der Waals surface area contributed by atoms with E-state index in [-0.39, 0.29) is 11.9 Å². The number of aromatic nitrogens is 3. The van der Waals surface area contributed by atoms with Crippen LogP contribution in [0.15, 0.2) is 53.7 Å². The molecular formula is C19H20FN3O2S. The smallest absolute Gasteiger partial charge is 0.208 e. The SMILES string of the molecule is COc1ccc(-c2nc(SCC(Cc3ccc(F)cc3)OC)n[nH]2)cc1. The van der Waals surface area contributed by atoms with E-state index >= 15 is 0 Å². The zero-order valence-electron chi connectivity index (χ0n) is 14.6. The molecule has 1 heterocycles. The number of thioether (sulfide) groups is 1. The number of methoxy groups -OCH3 is 2. The van der Waals surface area contributed by atoms with Crippen molar-refractivity contribution >= 4 is 11.8 Å². The molecule has 5 nitrogen and oxygen atoms in total. The monoisotopic (exact) mass is 373 g/mol. The number of H-pyrrole nitrogens is 1. The number of hydrogen-bond donors (Lipinski definition) is 1. The second kappa shape index (κ2) is 8.82. The second-order valence-corrected chi connectivity index (χ2v) is 6.68. The van der Waals surface area contributed by atoms with Crippen LogP contribution in [0.1, 0.15) is 5.56 Å². The fourth-order valence-electron chi connectivity index (χ4n) is 2.45. The number of nitrogens with zero attached hydrogens (tertiary/aromatic N) is 2. The number of halogens is 1. The van der Waals surface area contributed by atoms with E-state index in [0.717, 1.165) is 16.9 Å². The number of nitrogens with one attached hydrogen (secondary N) is 1. The van der Waals surface area contributed by atoms with E-state index in [1.165, 1.54) is 23.9 Å². The molecule has 0 aliphatic carbocycles. The van der Waals surface area contributed by atoms with E-state index in [1.54, 1.807) is 26.4 Å². The standard InChI is InChI=1S/C19H20FN3O2S/c1-24-16-9-5-14(6-10-16)18-21-19(23-22-18)26-12-17(25-2)11-13-3-7-15(20)8-4-13/h3-10,17H,11-12H2,1-2H3,(H,21,22,23). The average Bonchev–Trinajstić information content (AvgIpc) is 3.15. The summed E-state index contributed by atoms with van der Waals surface area (Å²) >= 11 is 1.52. The molecule has 0 aliphatic rings. The summed E-state index contributed by atoms with van der Waals surface area (Å²) in [4.78, 5) is 4.51. The van der Waals surface area contributed by atoms with Gasteiger partial charge in [0, 0.05) is 18.4 Å². The maximum atomic E-state index is 13.0. The van der Waals surface area contributed by atoms with Crippen molar-refractivity contribution in [3.63, 3.8) is 0 Å². The summed E-state index contributed by atoms with van der Waals surface area (Å²) in [6, 6.07) is 14.1. The Morgan fingerprint density at radius 3 is 2.46 bits per heavy atom. The molecule has 0 spiro atoms. The van der Waals surface area contributed by atoms with Crippen molar-refractivity contribution in [2.24, 2.45) is 0 Å². The van der Waals surface area contributed by atoms with Crippen molar-refractivity contribution in [1.82, 2.24) is 15.2 Å². The highest BCUT2D eigenvalue weighted by Gasteiger charge is 2.13. The minimum atomic E-state index is -0.233. The lowest BCUT2D eigenvalue weighted by atomic mass is 10.1. The molecule has 0 saturated heterocycles. The lowest BCUT2D eigenvalue weighted by molar-refractivity contribution is 0.122. The first-order chi connectivity index (χ1) is 12.7. The van der Waals surface area contributed by atoms with E-state index in [1.807, 2.05) is 24.3 Å². The maximum absolute atomic E-state index is 13.0. The fraction of sp³-hybridized carbons (Fsp3) is 0.263. The Morgan fingerprint density at radius 2 is 1.81 bits per heavy atom. The number of benzene rings is 2. The predicted molar refractivity (Wildman–Crippen MR) is 100.0 cm³/mol. The van der Waals surface area contributed by atoms with Gasteiger partial charge in [-0.05, 0) is 48.4 Å². The van der Waals surface area contributed by atoms with Crippen LogP contribution in [-0.2, 0) is 11.2 Å². The van der Waals surface area contributed by atoms with Crippen LogP contribution < -0.4 is 4.74 Å². The Kier molecular flexibility index (Phi) is 6.25. The zero-order valence-corrected chi connectivity index (χ0v) is 15.4. The maximum Gasteiger partial charge on any atom is 0.208 e. The molecule has 0 fully saturated rings. The van der Waals surface area contributed by atoms with Gasteiger partial charge in [0.2, 0.25) is 5.16 Å². The number of hydrogen-bond acceptors (Lipinski definition) is 5. The summed E-state index contributed by atoms with van der Waals surface area (Å²) in [6.45, 7) is 0. The van der Waals surface area contributed by atoms with Crippen LogP contribution >= 0.6 is 11.8 Å². The van der Waals surface area contributed by atoms with Gasteiger partial charge in [-0.2, -0.15) is 0 Å². The number of ether oxygens (including phenoxy) is 2. The largest absolute Gasteiger partial charge is 0.497 e. The summed E-state index contributed by atoms with van der Waals surface area (Å²) in [5, 5.41) is 7.87. The first-order valence-electron chi connectivity index (χ1n) is 8.15. The third kappa shape index (κ3) is 4.83. The van der Waals surface area contributed by atoms with Gasteiger partial charge in [-0.15, -0.1) is 5.10 Å². The van der Waals surface area contributed by atoms with Crippen LogP contribution in [0.3, 0.4) is 0 Å². The van der Waals surface area contributed by atoms with Crippen molar-refractivity contribution in [1.29, 1.82) is 0 Å². The molecule has 0 amide bonds. The molecule has 2 aromatic carbocycles. The number of rotatable bonds is 8. The Hall–Kier alpha value is -2.38. The average molecular weight is 373 g/mol. The molecule has 3 rings (SSSR count). The first kappa shape index (κ1) is 18.4. The predicted octanol–water partition coefficient (Wildman–Crippen LogP) is 3.97. The van der Waals surface area contributed by atoms with E-state index in [9.17, 15) is 4.39 Å². The molecule has 7 heteroatoms. The van der Waals surface area contributed by atoms with Gasteiger partial charge in [-0.3, -0.25) is 5.10 Å². The van der Waals surface area contributed by atoms with Gasteiger partial charge >= 0.3 is 0 Å². The van der Waals surface area contributed by atoms with Gasteiger partial charge in [0.1, 0.15) is 11.6 Å². The normalized spacial score (nSPS) is 12.1. The quantitative estimate of drug-likeness (QED) is 0.606. The van der Waals surface area contributed by atoms with Gasteiger partial charge in [0.25, 0.3) is 0 Å². The van der Waals surface area contributed by atoms with Crippen molar-refractivity contribution in [2.75, 3.05) is 20.0 Å². The van der Waals surface area contributed by atoms with Crippen LogP contribution in [0, 0.1) is 5.82 Å². The molecule has 0 bridgehead atoms. The fourth-order valence-corrected chi connectivity index (χ4v) is 3.31. The summed E-state index contributed by atoms with van der Waals surface area (Å²) in [5.74, 6) is 1.98. The molecule has 0 saturated carbocycles. The highest BCUT2D eigenvalue weighted by Crippen LogP contribution is 2.23. The summed E-state index contributed by atoms with van der Waals surface area (Å²) < 4.78 is 23.7. The van der Waals surface area contributed by atoms with Crippen molar-refractivity contribution in [3.05, 3.63) is 59.9 Å². The van der Waals surface area contributed by atoms with Gasteiger partial charge in [0.15, 0.2) is 5.82 Å². The summed E-state index contributed by atoms with van der Waals surface area (Å²) in [7, 11) is 3.31. The topological polar surface area (TPSA) is 60.0 Å². The highest BCUT2D eigenvalue weighted by atomic mass is 32.2. The lowest BCUT2D eigenvalue weighted by Gasteiger charge is -2.14.